The Kier molecular flexibility index (Phi) is 3.90. The van der Waals surface area contributed by atoms with E-state index in [1.807, 2.05) is 30.3 Å². The van der Waals surface area contributed by atoms with Crippen molar-refractivity contribution in [2.75, 3.05) is 0 Å². The Morgan fingerprint density at radius 2 is 1.90 bits per heavy atom. The Morgan fingerprint density at radius 3 is 2.40 bits per heavy atom. The zero-order valence-electron chi connectivity index (χ0n) is 10.6. The Labute approximate surface area is 114 Å². The van der Waals surface area contributed by atoms with E-state index in [2.05, 4.69) is 5.32 Å². The van der Waals surface area contributed by atoms with Crippen LogP contribution in [0.4, 0.5) is 0 Å². The third-order valence-corrected chi connectivity index (χ3v) is 3.13. The fraction of sp³-hybridized carbons (Fsp3) is 0.231. The van der Waals surface area contributed by atoms with E-state index >= 15 is 0 Å². The van der Waals surface area contributed by atoms with Gasteiger partial charge in [0.05, 0.1) is 11.3 Å². The molecule has 0 bridgehead atoms. The molecule has 0 heterocycles. The second-order valence-electron chi connectivity index (χ2n) is 4.44. The van der Waals surface area contributed by atoms with Crippen LogP contribution in [0.3, 0.4) is 0 Å². The summed E-state index contributed by atoms with van der Waals surface area (Å²) in [7, 11) is 0. The van der Waals surface area contributed by atoms with Gasteiger partial charge in [0.15, 0.2) is 0 Å². The first-order valence-corrected chi connectivity index (χ1v) is 6.01. The van der Waals surface area contributed by atoms with Crippen LogP contribution in [0.5, 0.6) is 0 Å². The first-order valence-electron chi connectivity index (χ1n) is 6.01. The maximum absolute atomic E-state index is 11.3. The average molecular weight is 275 g/mol. The summed E-state index contributed by atoms with van der Waals surface area (Å²) in [6, 6.07) is 9.25. The molecule has 2 rings (SSSR count). The molecule has 1 aliphatic carbocycles. The van der Waals surface area contributed by atoms with Crippen LogP contribution in [0.1, 0.15) is 12.0 Å². The maximum atomic E-state index is 11.3. The molecule has 0 saturated heterocycles. The highest BCUT2D eigenvalue weighted by Gasteiger charge is 2.41. The van der Waals surface area contributed by atoms with Crippen molar-refractivity contribution < 1.29 is 9.85 Å². The number of hydrogen-bond acceptors (Lipinski definition) is 5. The third-order valence-electron chi connectivity index (χ3n) is 3.13. The minimum atomic E-state index is -1.49. The van der Waals surface area contributed by atoms with Gasteiger partial charge in [0, 0.05) is 29.7 Å². The quantitative estimate of drug-likeness (QED) is 0.502. The molecule has 7 nitrogen and oxygen atoms in total. The van der Waals surface area contributed by atoms with Crippen molar-refractivity contribution in [1.29, 1.82) is 0 Å². The zero-order valence-corrected chi connectivity index (χ0v) is 10.6. The van der Waals surface area contributed by atoms with Crippen LogP contribution in [-0.4, -0.2) is 15.5 Å². The van der Waals surface area contributed by atoms with Crippen LogP contribution >= 0.6 is 0 Å². The van der Waals surface area contributed by atoms with Crippen molar-refractivity contribution in [3.8, 4) is 0 Å². The number of nitrogens with one attached hydrogen (secondary N) is 1. The summed E-state index contributed by atoms with van der Waals surface area (Å²) in [5.74, 6) is 0. The summed E-state index contributed by atoms with van der Waals surface area (Å²) in [6.45, 7) is 0.313. The van der Waals surface area contributed by atoms with Gasteiger partial charge >= 0.3 is 0 Å². The van der Waals surface area contributed by atoms with E-state index in [4.69, 9.17) is 0 Å². The molecule has 1 aromatic rings. The van der Waals surface area contributed by atoms with E-state index < -0.39 is 15.5 Å². The monoisotopic (exact) mass is 275 g/mol. The predicted octanol–water partition coefficient (Wildman–Crippen LogP) is 1.87. The van der Waals surface area contributed by atoms with E-state index in [1.165, 1.54) is 18.2 Å². The predicted molar refractivity (Wildman–Crippen MR) is 71.8 cm³/mol. The highest BCUT2D eigenvalue weighted by atomic mass is 16.6. The first-order chi connectivity index (χ1) is 9.53. The van der Waals surface area contributed by atoms with Crippen molar-refractivity contribution in [2.24, 2.45) is 0 Å². The molecule has 0 fully saturated rings. The Balaban J connectivity index is 2.11. The number of benzene rings is 1. The zero-order chi connectivity index (χ0) is 14.6. The van der Waals surface area contributed by atoms with Crippen molar-refractivity contribution in [2.45, 2.75) is 18.6 Å². The lowest BCUT2D eigenvalue weighted by atomic mass is 9.99. The van der Waals surface area contributed by atoms with Gasteiger partial charge in [0.25, 0.3) is 11.4 Å². The molecule has 0 spiro atoms. The molecule has 0 aromatic heterocycles. The van der Waals surface area contributed by atoms with E-state index in [0.717, 1.165) is 5.56 Å². The number of hydrogen-bond donors (Lipinski definition) is 1. The summed E-state index contributed by atoms with van der Waals surface area (Å²) >= 11 is 0. The van der Waals surface area contributed by atoms with Gasteiger partial charge in [-0.1, -0.05) is 30.3 Å². The van der Waals surface area contributed by atoms with Crippen LogP contribution in [-0.2, 0) is 6.54 Å². The van der Waals surface area contributed by atoms with Gasteiger partial charge in [-0.05, 0) is 5.56 Å². The van der Waals surface area contributed by atoms with Gasteiger partial charge in [-0.2, -0.15) is 0 Å². The van der Waals surface area contributed by atoms with Crippen LogP contribution in [0.25, 0.3) is 0 Å². The Bertz CT molecular complexity index is 583. The second-order valence-corrected chi connectivity index (χ2v) is 4.44. The molecular formula is C13H13N3O4. The Morgan fingerprint density at radius 1 is 1.20 bits per heavy atom. The van der Waals surface area contributed by atoms with E-state index in [0.29, 0.717) is 6.54 Å². The molecule has 1 aliphatic rings. The third kappa shape index (κ3) is 2.89. The maximum Gasteiger partial charge on any atom is 0.298 e. The number of nitrogens with zero attached hydrogens (tertiary/aromatic N) is 2. The second kappa shape index (κ2) is 5.62. The van der Waals surface area contributed by atoms with E-state index in [9.17, 15) is 20.2 Å². The molecule has 0 amide bonds. The summed E-state index contributed by atoms with van der Waals surface area (Å²) in [4.78, 5) is 20.9. The van der Waals surface area contributed by atoms with Crippen molar-refractivity contribution in [3.05, 3.63) is 80.0 Å². The normalized spacial score (nSPS) is 21.3. The molecular weight excluding hydrogens is 262 g/mol. The van der Waals surface area contributed by atoms with Gasteiger partial charge in [-0.3, -0.25) is 20.2 Å². The summed E-state index contributed by atoms with van der Waals surface area (Å²) in [6.07, 6.45) is 3.62. The largest absolute Gasteiger partial charge is 0.298 e. The lowest BCUT2D eigenvalue weighted by Crippen LogP contribution is -2.50. The minimum absolute atomic E-state index is 0.0559. The molecule has 1 aromatic carbocycles. The first kappa shape index (κ1) is 13.9. The average Bonchev–Trinajstić information content (AvgIpc) is 2.46. The number of rotatable bonds is 5. The minimum Gasteiger partial charge on any atom is -0.262 e. The molecule has 7 heteroatoms. The van der Waals surface area contributed by atoms with Crippen LogP contribution < -0.4 is 5.32 Å². The number of allylic oxidation sites excluding steroid dienone is 1. The molecule has 0 radical (unpaired) electrons. The summed E-state index contributed by atoms with van der Waals surface area (Å²) in [5, 5.41) is 24.7. The highest BCUT2D eigenvalue weighted by molar-refractivity contribution is 5.23. The van der Waals surface area contributed by atoms with Gasteiger partial charge < -0.3 is 0 Å². The van der Waals surface area contributed by atoms with E-state index in [1.54, 1.807) is 0 Å². The Hall–Kier alpha value is -2.54. The molecule has 104 valence electrons. The van der Waals surface area contributed by atoms with Crippen LogP contribution in [0.15, 0.2) is 54.3 Å². The molecule has 0 saturated carbocycles. The molecule has 1 atom stereocenters. The van der Waals surface area contributed by atoms with Gasteiger partial charge in [-0.15, -0.1) is 0 Å². The molecule has 0 aliphatic heterocycles. The smallest absolute Gasteiger partial charge is 0.262 e. The van der Waals surface area contributed by atoms with Crippen molar-refractivity contribution in [3.63, 3.8) is 0 Å². The van der Waals surface area contributed by atoms with Gasteiger partial charge in [0.2, 0.25) is 0 Å². The summed E-state index contributed by atoms with van der Waals surface area (Å²) < 4.78 is 0. The standard InChI is InChI=1S/C13H13N3O4/c17-15(18)12-6-8-13(9-7-12,16(19)20)14-10-11-4-2-1-3-5-11/h1-8,14H,9-10H2. The lowest BCUT2D eigenvalue weighted by molar-refractivity contribution is -0.563. The molecule has 1 unspecified atom stereocenters. The highest BCUT2D eigenvalue weighted by Crippen LogP contribution is 2.22. The lowest BCUT2D eigenvalue weighted by Gasteiger charge is -2.23. The van der Waals surface area contributed by atoms with Gasteiger partial charge in [-0.25, -0.2) is 5.32 Å². The van der Waals surface area contributed by atoms with Crippen LogP contribution in [0, 0.1) is 20.2 Å². The topological polar surface area (TPSA) is 98.3 Å². The number of nitro groups is 2. The SMILES string of the molecule is O=[N+]([O-])C1=CCC(NCc2ccccc2)([N+](=O)[O-])C=C1. The fourth-order valence-corrected chi connectivity index (χ4v) is 1.94. The van der Waals surface area contributed by atoms with Gasteiger partial charge in [0.1, 0.15) is 0 Å². The summed E-state index contributed by atoms with van der Waals surface area (Å²) in [5.41, 5.74) is -0.704. The van der Waals surface area contributed by atoms with Crippen LogP contribution in [0.2, 0.25) is 0 Å². The van der Waals surface area contributed by atoms with Crippen molar-refractivity contribution >= 4 is 0 Å². The molecule has 20 heavy (non-hydrogen) atoms. The van der Waals surface area contributed by atoms with E-state index in [-0.39, 0.29) is 12.1 Å². The van der Waals surface area contributed by atoms with Crippen molar-refractivity contribution in [1.82, 2.24) is 5.32 Å². The molecule has 1 N–H and O–H groups in total. The fourth-order valence-electron chi connectivity index (χ4n) is 1.94.